The highest BCUT2D eigenvalue weighted by molar-refractivity contribution is 6.37. The van der Waals surface area contributed by atoms with Gasteiger partial charge in [0, 0.05) is 16.8 Å². The fourth-order valence-corrected chi connectivity index (χ4v) is 10.1. The molecule has 2 N–H and O–H groups in total. The Bertz CT molecular complexity index is 3560. The van der Waals surface area contributed by atoms with Gasteiger partial charge in [-0.3, -0.25) is 19.2 Å². The summed E-state index contributed by atoms with van der Waals surface area (Å²) in [5.74, 6) is -1.66. The minimum absolute atomic E-state index is 0.313. The van der Waals surface area contributed by atoms with Gasteiger partial charge in [0.25, 0.3) is 23.6 Å². The monoisotopic (exact) mass is 929 g/mol. The number of aryl methyl sites for hydroxylation is 1. The molecular formula is C65H43N3O4. The van der Waals surface area contributed by atoms with Crippen molar-refractivity contribution >= 4 is 40.7 Å². The zero-order valence-corrected chi connectivity index (χ0v) is 39.0. The van der Waals surface area contributed by atoms with Gasteiger partial charge < -0.3 is 5.73 Å². The van der Waals surface area contributed by atoms with Crippen LogP contribution in [0.2, 0.25) is 0 Å². The molecule has 4 amide bonds. The SMILES string of the molecule is Cc1ccc(-c2ccc3c(c2)C(=O)N(c2cc(-c4ccccc4)c(-c4cc(-c5ccccc5)c(N5C(=O)c6ccc(-c7ccc(N)cc7)cc6C5=O)cc4-c4ccccc4)cc2-c2ccccc2)C3=O)cc1. The number of fused-ring (bicyclic) bond motifs is 2. The largest absolute Gasteiger partial charge is 0.399 e. The van der Waals surface area contributed by atoms with E-state index in [4.69, 9.17) is 5.73 Å². The van der Waals surface area contributed by atoms with E-state index < -0.39 is 23.6 Å². The van der Waals surface area contributed by atoms with Crippen LogP contribution in [0.25, 0.3) is 77.9 Å². The average Bonchev–Trinajstić information content (AvgIpc) is 3.83. The first-order valence-corrected chi connectivity index (χ1v) is 23.8. The van der Waals surface area contributed by atoms with Crippen molar-refractivity contribution in [3.8, 4) is 77.9 Å². The molecule has 0 spiro atoms. The molecule has 2 heterocycles. The van der Waals surface area contributed by atoms with E-state index in [0.717, 1.165) is 72.3 Å². The van der Waals surface area contributed by atoms with E-state index in [0.29, 0.717) is 50.4 Å². The fourth-order valence-electron chi connectivity index (χ4n) is 10.1. The van der Waals surface area contributed by atoms with E-state index in [9.17, 15) is 19.2 Å². The Kier molecular flexibility index (Phi) is 10.7. The molecule has 0 saturated carbocycles. The highest BCUT2D eigenvalue weighted by Gasteiger charge is 2.41. The molecule has 0 unspecified atom stereocenters. The Balaban J connectivity index is 1.09. The number of anilines is 3. The van der Waals surface area contributed by atoms with Gasteiger partial charge in [0.05, 0.1) is 33.6 Å². The van der Waals surface area contributed by atoms with Crippen molar-refractivity contribution in [1.82, 2.24) is 0 Å². The summed E-state index contributed by atoms with van der Waals surface area (Å²) in [6, 6.07) is 73.8. The third-order valence-electron chi connectivity index (χ3n) is 13.8. The molecule has 342 valence electrons. The Morgan fingerprint density at radius 1 is 0.264 bits per heavy atom. The number of nitrogen functional groups attached to an aromatic ring is 1. The van der Waals surface area contributed by atoms with Gasteiger partial charge in [-0.2, -0.15) is 0 Å². The van der Waals surface area contributed by atoms with Crippen LogP contribution in [0.1, 0.15) is 47.0 Å². The van der Waals surface area contributed by atoms with E-state index in [1.807, 2.05) is 207 Å². The fraction of sp³-hybridized carbons (Fsp3) is 0.0154. The van der Waals surface area contributed by atoms with Crippen LogP contribution in [0, 0.1) is 6.92 Å². The second-order valence-electron chi connectivity index (χ2n) is 18.2. The van der Waals surface area contributed by atoms with Crippen LogP contribution in [-0.2, 0) is 0 Å². The number of hydrogen-bond acceptors (Lipinski definition) is 5. The first-order chi connectivity index (χ1) is 35.2. The van der Waals surface area contributed by atoms with E-state index in [1.165, 1.54) is 9.80 Å². The third-order valence-corrected chi connectivity index (χ3v) is 13.8. The van der Waals surface area contributed by atoms with Gasteiger partial charge >= 0.3 is 0 Å². The van der Waals surface area contributed by atoms with Crippen molar-refractivity contribution in [2.75, 3.05) is 15.5 Å². The lowest BCUT2D eigenvalue weighted by Crippen LogP contribution is -2.30. The van der Waals surface area contributed by atoms with Crippen molar-refractivity contribution in [1.29, 1.82) is 0 Å². The summed E-state index contributed by atoms with van der Waals surface area (Å²) in [5.41, 5.74) is 21.2. The summed E-state index contributed by atoms with van der Waals surface area (Å²) in [7, 11) is 0. The lowest BCUT2D eigenvalue weighted by atomic mass is 9.84. The van der Waals surface area contributed by atoms with E-state index >= 15 is 0 Å². The number of nitrogens with two attached hydrogens (primary N) is 1. The standard InChI is InChI=1S/C65H43N3O4/c1-40-22-24-41(25-23-40)47-28-32-50-58(34-47)64(71)67(62(50)69)60-38-52(43-14-6-2-7-15-43)56(36-54(60)45-18-10-4-11-19-45)57-37-55(46-20-12-5-13-21-46)61(39-53(57)44-16-8-3-9-17-44)68-63(70)51-33-29-48(35-59(51)65(68)72)42-26-30-49(66)31-27-42/h2-39H,66H2,1H3. The highest BCUT2D eigenvalue weighted by Crippen LogP contribution is 2.50. The molecule has 10 aromatic carbocycles. The number of rotatable bonds is 9. The summed E-state index contributed by atoms with van der Waals surface area (Å²) in [6.45, 7) is 2.03. The molecule has 0 fully saturated rings. The maximum absolute atomic E-state index is 14.9. The molecule has 0 aliphatic carbocycles. The maximum atomic E-state index is 14.9. The summed E-state index contributed by atoms with van der Waals surface area (Å²) >= 11 is 0. The lowest BCUT2D eigenvalue weighted by Gasteiger charge is -2.26. The van der Waals surface area contributed by atoms with Gasteiger partial charge in [-0.15, -0.1) is 0 Å². The second kappa shape index (κ2) is 17.7. The van der Waals surface area contributed by atoms with Gasteiger partial charge in [-0.05, 0) is 134 Å². The molecule has 10 aromatic rings. The molecule has 0 bridgehead atoms. The molecule has 72 heavy (non-hydrogen) atoms. The molecule has 0 saturated heterocycles. The van der Waals surface area contributed by atoms with Crippen LogP contribution in [0.5, 0.6) is 0 Å². The van der Waals surface area contributed by atoms with E-state index in [1.54, 1.807) is 18.2 Å². The number of carbonyl (C=O) groups is 4. The summed E-state index contributed by atoms with van der Waals surface area (Å²) in [4.78, 5) is 62.0. The van der Waals surface area contributed by atoms with Crippen LogP contribution in [0.15, 0.2) is 231 Å². The number of imide groups is 2. The minimum Gasteiger partial charge on any atom is -0.399 e. The predicted octanol–water partition coefficient (Wildman–Crippen LogP) is 14.8. The first kappa shape index (κ1) is 43.6. The quantitative estimate of drug-likeness (QED) is 0.115. The van der Waals surface area contributed by atoms with Gasteiger partial charge in [-0.1, -0.05) is 175 Å². The second-order valence-corrected chi connectivity index (χ2v) is 18.2. The minimum atomic E-state index is -0.427. The van der Waals surface area contributed by atoms with Crippen LogP contribution in [0.4, 0.5) is 17.1 Å². The Morgan fingerprint density at radius 2 is 0.583 bits per heavy atom. The predicted molar refractivity (Wildman–Crippen MR) is 289 cm³/mol. The molecule has 12 rings (SSSR count). The lowest BCUT2D eigenvalue weighted by molar-refractivity contribution is 0.0910. The molecule has 0 aromatic heterocycles. The number of amides is 4. The molecule has 2 aliphatic rings. The number of nitrogens with zero attached hydrogens (tertiary/aromatic N) is 2. The smallest absolute Gasteiger partial charge is 0.266 e. The third kappa shape index (κ3) is 7.48. The Morgan fingerprint density at radius 3 is 0.958 bits per heavy atom. The normalized spacial score (nSPS) is 12.9. The average molecular weight is 930 g/mol. The van der Waals surface area contributed by atoms with E-state index in [2.05, 4.69) is 12.1 Å². The molecule has 2 aliphatic heterocycles. The van der Waals surface area contributed by atoms with Gasteiger partial charge in [0.15, 0.2) is 0 Å². The van der Waals surface area contributed by atoms with Crippen molar-refractivity contribution in [2.24, 2.45) is 0 Å². The number of carbonyl (C=O) groups excluding carboxylic acids is 4. The highest BCUT2D eigenvalue weighted by atomic mass is 16.2. The van der Waals surface area contributed by atoms with Crippen LogP contribution in [0.3, 0.4) is 0 Å². The zero-order valence-electron chi connectivity index (χ0n) is 39.0. The molecule has 7 heteroatoms. The topological polar surface area (TPSA) is 101 Å². The van der Waals surface area contributed by atoms with Crippen LogP contribution < -0.4 is 15.5 Å². The summed E-state index contributed by atoms with van der Waals surface area (Å²) in [6.07, 6.45) is 0. The van der Waals surface area contributed by atoms with Gasteiger partial charge in [-0.25, -0.2) is 9.80 Å². The number of benzene rings is 10. The number of hydrogen-bond donors (Lipinski definition) is 1. The summed E-state index contributed by atoms with van der Waals surface area (Å²) < 4.78 is 0. The first-order valence-electron chi connectivity index (χ1n) is 23.8. The maximum Gasteiger partial charge on any atom is 0.266 e. The Labute approximate surface area is 416 Å². The van der Waals surface area contributed by atoms with Crippen molar-refractivity contribution < 1.29 is 19.2 Å². The van der Waals surface area contributed by atoms with Gasteiger partial charge in [0.1, 0.15) is 0 Å². The molecule has 0 atom stereocenters. The summed E-state index contributed by atoms with van der Waals surface area (Å²) in [5, 5.41) is 0. The van der Waals surface area contributed by atoms with Crippen molar-refractivity contribution in [2.45, 2.75) is 6.92 Å². The molecule has 0 radical (unpaired) electrons. The van der Waals surface area contributed by atoms with E-state index in [-0.39, 0.29) is 0 Å². The van der Waals surface area contributed by atoms with Gasteiger partial charge in [0.2, 0.25) is 0 Å². The van der Waals surface area contributed by atoms with Crippen molar-refractivity contribution in [3.05, 3.63) is 258 Å². The van der Waals surface area contributed by atoms with Crippen molar-refractivity contribution in [3.63, 3.8) is 0 Å². The van der Waals surface area contributed by atoms with Crippen LogP contribution in [-0.4, -0.2) is 23.6 Å². The van der Waals surface area contributed by atoms with Crippen LogP contribution >= 0.6 is 0 Å². The molecular weight excluding hydrogens is 887 g/mol. The molecule has 7 nitrogen and oxygen atoms in total. The Hall–Kier alpha value is -9.72. The zero-order chi connectivity index (χ0) is 49.0.